The van der Waals surface area contributed by atoms with Crippen molar-refractivity contribution in [2.45, 2.75) is 38.1 Å². The second-order valence-electron chi connectivity index (χ2n) is 7.52. The van der Waals surface area contributed by atoms with Gasteiger partial charge in [0, 0.05) is 12.6 Å². The van der Waals surface area contributed by atoms with Gasteiger partial charge in [0.25, 0.3) is 0 Å². The Balaban J connectivity index is 1.80. The highest BCUT2D eigenvalue weighted by molar-refractivity contribution is 7.89. The molecule has 31 heavy (non-hydrogen) atoms. The topological polar surface area (TPSA) is 103 Å². The maximum Gasteiger partial charge on any atom is 0.338 e. The van der Waals surface area contributed by atoms with Crippen molar-refractivity contribution in [1.29, 1.82) is 0 Å². The molecule has 0 saturated carbocycles. The number of methoxy groups -OCH3 is 1. The lowest BCUT2D eigenvalue weighted by Crippen LogP contribution is -2.27. The van der Waals surface area contributed by atoms with E-state index in [1.165, 1.54) is 31.9 Å². The summed E-state index contributed by atoms with van der Waals surface area (Å²) in [5.74, 6) is 0.367. The Morgan fingerprint density at radius 3 is 2.45 bits per heavy atom. The third-order valence-electron chi connectivity index (χ3n) is 4.98. The number of hydrogen-bond donors (Lipinski definition) is 0. The van der Waals surface area contributed by atoms with E-state index >= 15 is 0 Å². The lowest BCUT2D eigenvalue weighted by molar-refractivity contribution is 0.0599. The van der Waals surface area contributed by atoms with Gasteiger partial charge in [-0.3, -0.25) is 0 Å². The van der Waals surface area contributed by atoms with Gasteiger partial charge in [-0.1, -0.05) is 49.3 Å². The molecule has 0 atom stereocenters. The van der Waals surface area contributed by atoms with Crippen molar-refractivity contribution in [2.75, 3.05) is 14.2 Å². The predicted molar refractivity (Wildman–Crippen MR) is 115 cm³/mol. The molecule has 0 bridgehead atoms. The molecule has 1 heterocycles. The minimum Gasteiger partial charge on any atom is -0.465 e. The summed E-state index contributed by atoms with van der Waals surface area (Å²) < 4.78 is 37.0. The molecule has 8 nitrogen and oxygen atoms in total. The first-order chi connectivity index (χ1) is 14.6. The van der Waals surface area contributed by atoms with Gasteiger partial charge in [0.05, 0.1) is 24.1 Å². The van der Waals surface area contributed by atoms with E-state index in [1.54, 1.807) is 13.0 Å². The van der Waals surface area contributed by atoms with Crippen molar-refractivity contribution < 1.29 is 22.5 Å². The molecule has 0 fully saturated rings. The van der Waals surface area contributed by atoms with Crippen LogP contribution < -0.4 is 0 Å². The Kier molecular flexibility index (Phi) is 6.56. The highest BCUT2D eigenvalue weighted by Crippen LogP contribution is 2.23. The summed E-state index contributed by atoms with van der Waals surface area (Å²) in [6, 6.07) is 12.1. The van der Waals surface area contributed by atoms with E-state index in [9.17, 15) is 13.2 Å². The second-order valence-corrected chi connectivity index (χ2v) is 9.56. The molecule has 3 aromatic rings. The standard InChI is InChI=1S/C22H25N3O5S/c1-14(2)16-7-9-17(10-8-16)21-23-20(30-24-21)13-25(4)31(27,28)18-11-6-15(3)19(12-18)22(26)29-5/h6-12,14H,13H2,1-5H3. The fraction of sp³-hybridized carbons (Fsp3) is 0.318. The Hall–Kier alpha value is -3.04. The molecule has 0 aliphatic carbocycles. The van der Waals surface area contributed by atoms with Crippen molar-refractivity contribution >= 4 is 16.0 Å². The summed E-state index contributed by atoms with van der Waals surface area (Å²) in [7, 11) is -1.23. The van der Waals surface area contributed by atoms with E-state index in [4.69, 9.17) is 9.26 Å². The first kappa shape index (κ1) is 22.6. The van der Waals surface area contributed by atoms with Crippen molar-refractivity contribution in [3.63, 3.8) is 0 Å². The van der Waals surface area contributed by atoms with Crippen LogP contribution in [-0.4, -0.2) is 43.0 Å². The number of rotatable bonds is 7. The van der Waals surface area contributed by atoms with E-state index in [-0.39, 0.29) is 22.9 Å². The van der Waals surface area contributed by atoms with Gasteiger partial charge in [-0.05, 0) is 36.1 Å². The number of aromatic nitrogens is 2. The first-order valence-electron chi connectivity index (χ1n) is 9.71. The number of sulfonamides is 1. The maximum atomic E-state index is 13.0. The number of benzene rings is 2. The van der Waals surface area contributed by atoms with Gasteiger partial charge >= 0.3 is 5.97 Å². The van der Waals surface area contributed by atoms with Crippen molar-refractivity contribution in [2.24, 2.45) is 0 Å². The van der Waals surface area contributed by atoms with E-state index < -0.39 is 16.0 Å². The third-order valence-corrected chi connectivity index (χ3v) is 6.78. The number of aryl methyl sites for hydroxylation is 1. The van der Waals surface area contributed by atoms with Gasteiger partial charge in [0.15, 0.2) is 0 Å². The zero-order chi connectivity index (χ0) is 22.8. The smallest absolute Gasteiger partial charge is 0.338 e. The van der Waals surface area contributed by atoms with E-state index in [0.29, 0.717) is 17.3 Å². The zero-order valence-electron chi connectivity index (χ0n) is 18.1. The van der Waals surface area contributed by atoms with Crippen LogP contribution in [-0.2, 0) is 21.3 Å². The van der Waals surface area contributed by atoms with Crippen LogP contribution in [0.25, 0.3) is 11.4 Å². The van der Waals surface area contributed by atoms with Gasteiger partial charge in [-0.15, -0.1) is 0 Å². The van der Waals surface area contributed by atoms with Crippen LogP contribution in [0.5, 0.6) is 0 Å². The van der Waals surface area contributed by atoms with E-state index in [0.717, 1.165) is 9.87 Å². The quantitative estimate of drug-likeness (QED) is 0.512. The number of esters is 1. The molecule has 0 saturated heterocycles. The molecule has 0 radical (unpaired) electrons. The zero-order valence-corrected chi connectivity index (χ0v) is 18.9. The Bertz CT molecular complexity index is 1180. The largest absolute Gasteiger partial charge is 0.465 e. The first-order valence-corrected chi connectivity index (χ1v) is 11.2. The van der Waals surface area contributed by atoms with Crippen LogP contribution in [0.15, 0.2) is 51.9 Å². The number of ether oxygens (including phenoxy) is 1. The lowest BCUT2D eigenvalue weighted by atomic mass is 10.0. The third kappa shape index (κ3) is 4.83. The molecule has 0 unspecified atom stereocenters. The monoisotopic (exact) mass is 443 g/mol. The molecule has 0 spiro atoms. The van der Waals surface area contributed by atoms with Gasteiger partial charge in [-0.25, -0.2) is 13.2 Å². The van der Waals surface area contributed by atoms with Crippen LogP contribution in [0.2, 0.25) is 0 Å². The Morgan fingerprint density at radius 1 is 1.16 bits per heavy atom. The minimum atomic E-state index is -3.89. The molecule has 1 aromatic heterocycles. The maximum absolute atomic E-state index is 13.0. The van der Waals surface area contributed by atoms with E-state index in [2.05, 4.69) is 24.0 Å². The molecule has 2 aromatic carbocycles. The Morgan fingerprint density at radius 2 is 1.84 bits per heavy atom. The fourth-order valence-corrected chi connectivity index (χ4v) is 4.15. The summed E-state index contributed by atoms with van der Waals surface area (Å²) in [4.78, 5) is 16.2. The number of carbonyl (C=O) groups is 1. The van der Waals surface area contributed by atoms with Gasteiger partial charge in [-0.2, -0.15) is 9.29 Å². The average molecular weight is 444 g/mol. The minimum absolute atomic E-state index is 0.0231. The van der Waals surface area contributed by atoms with E-state index in [1.807, 2.05) is 24.3 Å². The summed E-state index contributed by atoms with van der Waals surface area (Å²) in [5.41, 5.74) is 2.80. The SMILES string of the molecule is COC(=O)c1cc(S(=O)(=O)N(C)Cc2nc(-c3ccc(C(C)C)cc3)no2)ccc1C. The molecule has 0 amide bonds. The van der Waals surface area contributed by atoms with Gasteiger partial charge in [0.1, 0.15) is 0 Å². The molecular weight excluding hydrogens is 418 g/mol. The number of hydrogen-bond acceptors (Lipinski definition) is 7. The van der Waals surface area contributed by atoms with Crippen LogP contribution >= 0.6 is 0 Å². The Labute approximate surface area is 181 Å². The van der Waals surface area contributed by atoms with Gasteiger partial charge in [0.2, 0.25) is 21.7 Å². The number of nitrogens with zero attached hydrogens (tertiary/aromatic N) is 3. The average Bonchev–Trinajstić information content (AvgIpc) is 3.21. The van der Waals surface area contributed by atoms with Crippen molar-refractivity contribution in [3.8, 4) is 11.4 Å². The summed E-state index contributed by atoms with van der Waals surface area (Å²) in [6.07, 6.45) is 0. The lowest BCUT2D eigenvalue weighted by Gasteiger charge is -2.16. The molecule has 0 N–H and O–H groups in total. The van der Waals surface area contributed by atoms with Crippen molar-refractivity contribution in [3.05, 3.63) is 65.0 Å². The molecular formula is C22H25N3O5S. The van der Waals surface area contributed by atoms with Crippen LogP contribution in [0, 0.1) is 6.92 Å². The highest BCUT2D eigenvalue weighted by Gasteiger charge is 2.25. The normalized spacial score (nSPS) is 11.8. The van der Waals surface area contributed by atoms with Gasteiger partial charge < -0.3 is 9.26 Å². The van der Waals surface area contributed by atoms with Crippen LogP contribution in [0.1, 0.15) is 47.1 Å². The predicted octanol–water partition coefficient (Wildman–Crippen LogP) is 3.78. The van der Waals surface area contributed by atoms with Crippen LogP contribution in [0.4, 0.5) is 0 Å². The fourth-order valence-electron chi connectivity index (χ4n) is 3.00. The molecule has 164 valence electrons. The molecule has 0 aliphatic heterocycles. The second kappa shape index (κ2) is 8.99. The number of carbonyl (C=O) groups excluding carboxylic acids is 1. The summed E-state index contributed by atoms with van der Waals surface area (Å²) in [6.45, 7) is 5.82. The summed E-state index contributed by atoms with van der Waals surface area (Å²) in [5, 5.41) is 3.96. The summed E-state index contributed by atoms with van der Waals surface area (Å²) >= 11 is 0. The highest BCUT2D eigenvalue weighted by atomic mass is 32.2. The van der Waals surface area contributed by atoms with Crippen LogP contribution in [0.3, 0.4) is 0 Å². The molecule has 0 aliphatic rings. The van der Waals surface area contributed by atoms with Crippen molar-refractivity contribution in [1.82, 2.24) is 14.4 Å². The molecule has 9 heteroatoms. The molecule has 3 rings (SSSR count).